The second-order valence-corrected chi connectivity index (χ2v) is 31.1. The van der Waals surface area contributed by atoms with Gasteiger partial charge in [-0.1, -0.05) is 136 Å². The third-order valence-electron chi connectivity index (χ3n) is 3.10. The van der Waals surface area contributed by atoms with E-state index in [0.717, 1.165) is 38.3 Å². The summed E-state index contributed by atoms with van der Waals surface area (Å²) in [7, 11) is -8.15. The van der Waals surface area contributed by atoms with Crippen molar-refractivity contribution in [1.29, 1.82) is 0 Å². The summed E-state index contributed by atoms with van der Waals surface area (Å²) >= 11 is 22.8. The van der Waals surface area contributed by atoms with E-state index in [9.17, 15) is 30.4 Å². The van der Waals surface area contributed by atoms with Crippen LogP contribution in [-0.2, 0) is 20.0 Å². The first-order chi connectivity index (χ1) is 17.7. The molecular formula is C21H26Cl2F2I5N3O5S2. The number of hydrogen-bond acceptors (Lipinski definition) is 5. The van der Waals surface area contributed by atoms with Crippen LogP contribution in [0, 0.1) is 11.6 Å². The van der Waals surface area contributed by atoms with Crippen molar-refractivity contribution in [2.24, 2.45) is 5.14 Å². The Bertz CT molecular complexity index is 1330. The summed E-state index contributed by atoms with van der Waals surface area (Å²) in [4.78, 5) is 10.6. The summed E-state index contributed by atoms with van der Waals surface area (Å²) in [6.07, 6.45) is 0. The van der Waals surface area contributed by atoms with Crippen LogP contribution >= 0.6 is 136 Å². The van der Waals surface area contributed by atoms with Crippen LogP contribution in [0.3, 0.4) is 0 Å². The number of benzene rings is 2. The first kappa shape index (κ1) is 43.8. The third kappa shape index (κ3) is 24.0. The topological polar surface area (TPSA) is 135 Å². The molecule has 0 aliphatic carbocycles. The summed E-state index contributed by atoms with van der Waals surface area (Å²) in [5.41, 5.74) is -0.606. The number of carbonyl (C=O) groups excluding carboxylic acids is 1. The van der Waals surface area contributed by atoms with Crippen molar-refractivity contribution in [3.8, 4) is 0 Å². The minimum absolute atomic E-state index is 0.0844. The van der Waals surface area contributed by atoms with Crippen LogP contribution in [0.5, 0.6) is 0 Å². The van der Waals surface area contributed by atoms with Crippen LogP contribution in [0.2, 0.25) is 10.0 Å². The highest BCUT2D eigenvalue weighted by atomic mass is 127. The predicted octanol–water partition coefficient (Wildman–Crippen LogP) is 8.56. The van der Waals surface area contributed by atoms with Gasteiger partial charge in [-0.3, -0.25) is 0 Å². The summed E-state index contributed by atoms with van der Waals surface area (Å²) in [5, 5.41) is 6.91. The van der Waals surface area contributed by atoms with Crippen molar-refractivity contribution in [3.63, 3.8) is 0 Å². The molecule has 0 aliphatic rings. The molecule has 4 N–H and O–H groups in total. The third-order valence-corrected chi connectivity index (χ3v) is 6.30. The molecule has 0 saturated heterocycles. The summed E-state index contributed by atoms with van der Waals surface area (Å²) in [6, 6.07) is 4.93. The van der Waals surface area contributed by atoms with E-state index >= 15 is 0 Å². The number of alkyl halides is 5. The van der Waals surface area contributed by atoms with Crippen molar-refractivity contribution in [2.75, 3.05) is 0 Å². The monoisotopic (exact) mass is 1210 g/mol. The van der Waals surface area contributed by atoms with Crippen LogP contribution in [0.4, 0.5) is 13.6 Å². The fourth-order valence-electron chi connectivity index (χ4n) is 1.92. The fourth-order valence-corrected chi connectivity index (χ4v) is 4.40. The van der Waals surface area contributed by atoms with Crippen LogP contribution < -0.4 is 15.2 Å². The number of nitrogens with two attached hydrogens (primary N) is 1. The molecule has 0 spiro atoms. The molecule has 19 heteroatoms. The summed E-state index contributed by atoms with van der Waals surface area (Å²) < 4.78 is 73.7. The van der Waals surface area contributed by atoms with E-state index in [0.29, 0.717) is -0.565 Å². The molecule has 8 nitrogen and oxygen atoms in total. The molecule has 0 aliphatic heterocycles. The Morgan fingerprint density at radius 2 is 1.20 bits per heavy atom. The van der Waals surface area contributed by atoms with E-state index in [1.807, 2.05) is 0 Å². The molecule has 0 aromatic heterocycles. The normalized spacial score (nSPS) is 11.6. The molecule has 230 valence electrons. The van der Waals surface area contributed by atoms with Gasteiger partial charge in [0.05, 0.1) is 12.0 Å². The molecule has 0 radical (unpaired) electrons. The molecule has 0 bridgehead atoms. The Balaban J connectivity index is 0. The van der Waals surface area contributed by atoms with Crippen LogP contribution in [0.25, 0.3) is 0 Å². The Morgan fingerprint density at radius 1 is 0.875 bits per heavy atom. The van der Waals surface area contributed by atoms with E-state index in [1.54, 1.807) is 25.5 Å². The minimum Gasteiger partial charge on any atom is -0.333 e. The van der Waals surface area contributed by atoms with Gasteiger partial charge < -0.3 is 5.32 Å². The first-order valence-corrected chi connectivity index (χ1v) is 19.8. The van der Waals surface area contributed by atoms with E-state index in [-0.39, 0.29) is 10.0 Å². The Kier molecular flexibility index (Phi) is 21.1. The number of primary sulfonamides is 1. The van der Waals surface area contributed by atoms with Gasteiger partial charge in [0, 0.05) is 5.54 Å². The van der Waals surface area contributed by atoms with Gasteiger partial charge in [0.1, 0.15) is 20.9 Å². The van der Waals surface area contributed by atoms with Crippen molar-refractivity contribution < 1.29 is 30.4 Å². The number of sulfonamides is 2. The summed E-state index contributed by atoms with van der Waals surface area (Å²) in [5.74, 6) is -1.45. The number of carbonyl (C=O) groups is 1. The molecule has 2 aromatic rings. The number of hydrogen-bond donors (Lipinski definition) is 3. The van der Waals surface area contributed by atoms with Gasteiger partial charge in [0.15, 0.2) is 0 Å². The average Bonchev–Trinajstić information content (AvgIpc) is 2.67. The van der Waals surface area contributed by atoms with Gasteiger partial charge >= 0.3 is 6.03 Å². The molecule has 0 unspecified atom stereocenters. The largest absolute Gasteiger partial charge is 0.333 e. The lowest BCUT2D eigenvalue weighted by Crippen LogP contribution is -2.48. The molecule has 2 rings (SSSR count). The Labute approximate surface area is 312 Å². The molecule has 40 heavy (non-hydrogen) atoms. The molecule has 0 saturated carbocycles. The highest BCUT2D eigenvalue weighted by Crippen LogP contribution is 2.33. The van der Waals surface area contributed by atoms with Gasteiger partial charge in [0.2, 0.25) is 10.0 Å². The van der Waals surface area contributed by atoms with Crippen molar-refractivity contribution in [1.82, 2.24) is 10.0 Å². The highest BCUT2D eigenvalue weighted by Gasteiger charge is 2.23. The zero-order valence-corrected chi connectivity index (χ0v) is 35.3. The van der Waals surface area contributed by atoms with Gasteiger partial charge in [-0.15, -0.1) is 0 Å². The molecule has 2 amide bonds. The van der Waals surface area contributed by atoms with E-state index in [4.69, 9.17) is 28.3 Å². The van der Waals surface area contributed by atoms with Crippen LogP contribution in [0.1, 0.15) is 34.6 Å². The van der Waals surface area contributed by atoms with Crippen molar-refractivity contribution >= 4 is 162 Å². The molecular weight excluding hydrogens is 1180 g/mol. The van der Waals surface area contributed by atoms with Gasteiger partial charge in [-0.05, 0) is 71.0 Å². The Morgan fingerprint density at radius 3 is 1.50 bits per heavy atom. The number of urea groups is 1. The van der Waals surface area contributed by atoms with Gasteiger partial charge in [0.25, 0.3) is 10.0 Å². The lowest BCUT2D eigenvalue weighted by atomic mass is 10.1. The second-order valence-electron chi connectivity index (χ2n) is 8.30. The highest BCUT2D eigenvalue weighted by molar-refractivity contribution is 14.3. The van der Waals surface area contributed by atoms with Crippen LogP contribution in [-0.4, -0.2) is 29.8 Å². The summed E-state index contributed by atoms with van der Waals surface area (Å²) in [6.45, 7) is 9.35. The lowest BCUT2D eigenvalue weighted by molar-refractivity contribution is 0.237. The lowest BCUT2D eigenvalue weighted by Gasteiger charge is -2.20. The minimum atomic E-state index is -4.22. The zero-order chi connectivity index (χ0) is 32.3. The maximum atomic E-state index is 13.0. The van der Waals surface area contributed by atoms with Crippen molar-refractivity contribution in [3.05, 3.63) is 58.1 Å². The second kappa shape index (κ2) is 19.2. The SMILES string of the molecule is CC(C)(C)NC(=O)NS(=O)(=O)c1cc(F)ccc1Cl.CC(I)(I)I.CC(I)I.NS(=O)(=O)c1cc(F)ccc1Cl. The first-order valence-electron chi connectivity index (χ1n) is 10.3. The smallest absolute Gasteiger partial charge is 0.329 e. The molecule has 0 atom stereocenters. The zero-order valence-electron chi connectivity index (χ0n) is 21.4. The average molecular weight is 1210 g/mol. The number of rotatable bonds is 3. The maximum Gasteiger partial charge on any atom is 0.329 e. The molecule has 0 fully saturated rings. The number of nitrogens with one attached hydrogen (secondary N) is 2. The van der Waals surface area contributed by atoms with E-state index in [1.165, 1.54) is 0 Å². The molecule has 0 heterocycles. The van der Waals surface area contributed by atoms with Crippen molar-refractivity contribution in [2.45, 2.75) is 51.3 Å². The molecule has 2 aromatic carbocycles. The number of amides is 2. The van der Waals surface area contributed by atoms with Gasteiger partial charge in [-0.25, -0.2) is 40.3 Å². The predicted molar refractivity (Wildman–Crippen MR) is 201 cm³/mol. The maximum absolute atomic E-state index is 13.0. The standard InChI is InChI=1S/C11H14ClFN2O3S.C6H5ClFNO2S.C2H3I3.C2H4I2/c1-11(2,3)14-10(16)15-19(17,18)9-6-7(13)4-5-8(9)12;7-5-2-1-4(8)3-6(5)12(9,10)11;1-2(3,4)5;1-2(3)4/h4-6H,1-3H3,(H2,14,15,16);1-3H,(H2,9,10,11);1H3;2H,1H3. The van der Waals surface area contributed by atoms with E-state index < -0.39 is 53.0 Å². The van der Waals surface area contributed by atoms with E-state index in [2.05, 4.69) is 132 Å². The van der Waals surface area contributed by atoms with Gasteiger partial charge in [-0.2, -0.15) is 0 Å². The fraction of sp³-hybridized carbons (Fsp3) is 0.381. The van der Waals surface area contributed by atoms with Crippen LogP contribution in [0.15, 0.2) is 46.2 Å². The number of halogens is 9. The quantitative estimate of drug-likeness (QED) is 0.209. The Hall–Kier alpha value is 1.66.